The molecule has 3 aromatic heterocycles. The van der Waals surface area contributed by atoms with E-state index in [4.69, 9.17) is 14.6 Å². The molecular weight excluding hydrogens is 476 g/mol. The molecule has 2 aliphatic rings. The van der Waals surface area contributed by atoms with Crippen LogP contribution in [0.3, 0.4) is 0 Å². The molecule has 0 bridgehead atoms. The molecule has 1 unspecified atom stereocenters. The van der Waals surface area contributed by atoms with E-state index in [1.54, 1.807) is 6.26 Å². The van der Waals surface area contributed by atoms with Crippen molar-refractivity contribution in [3.05, 3.63) is 59.0 Å². The van der Waals surface area contributed by atoms with Gasteiger partial charge in [0.1, 0.15) is 5.69 Å². The van der Waals surface area contributed by atoms with Crippen LogP contribution in [0, 0.1) is 5.92 Å². The minimum Gasteiger partial charge on any atom is -0.501 e. The van der Waals surface area contributed by atoms with Crippen LogP contribution < -0.4 is 5.32 Å². The summed E-state index contributed by atoms with van der Waals surface area (Å²) in [4.78, 5) is 16.6. The number of hydrogen-bond donors (Lipinski definition) is 1. The molecule has 0 aromatic carbocycles. The second kappa shape index (κ2) is 11.8. The lowest BCUT2D eigenvalue weighted by Gasteiger charge is -2.26. The normalized spacial score (nSPS) is 21.6. The van der Waals surface area contributed by atoms with Crippen LogP contribution in [0.2, 0.25) is 0 Å². The first-order valence-electron chi connectivity index (χ1n) is 12.5. The summed E-state index contributed by atoms with van der Waals surface area (Å²) in [6.07, 6.45) is 8.71. The van der Waals surface area contributed by atoms with Crippen molar-refractivity contribution in [2.24, 2.45) is 5.92 Å². The molecule has 1 fully saturated rings. The molecule has 9 nitrogen and oxygen atoms in total. The van der Waals surface area contributed by atoms with Crippen molar-refractivity contribution in [3.63, 3.8) is 0 Å². The van der Waals surface area contributed by atoms with E-state index < -0.39 is 0 Å². The molecule has 3 aromatic rings. The van der Waals surface area contributed by atoms with Gasteiger partial charge in [0.25, 0.3) is 5.91 Å². The van der Waals surface area contributed by atoms with Crippen molar-refractivity contribution in [2.75, 3.05) is 46.0 Å². The molecule has 0 spiro atoms. The Bertz CT molecular complexity index is 1240. The van der Waals surface area contributed by atoms with E-state index in [2.05, 4.69) is 39.5 Å². The Hall–Kier alpha value is -3.08. The lowest BCUT2D eigenvalue weighted by atomic mass is 9.97. The lowest BCUT2D eigenvalue weighted by molar-refractivity contribution is 0.0383. The number of hydrogen-bond acceptors (Lipinski definition) is 8. The summed E-state index contributed by atoms with van der Waals surface area (Å²) in [5, 5.41) is 16.6. The molecule has 10 heteroatoms. The minimum atomic E-state index is -0.0510. The molecule has 1 atom stereocenters. The van der Waals surface area contributed by atoms with Gasteiger partial charge < -0.3 is 14.8 Å². The Labute approximate surface area is 214 Å². The van der Waals surface area contributed by atoms with Gasteiger partial charge in [-0.3, -0.25) is 9.69 Å². The molecule has 5 heterocycles. The third-order valence-corrected chi connectivity index (χ3v) is 7.54. The van der Waals surface area contributed by atoms with Crippen molar-refractivity contribution in [1.29, 1.82) is 0 Å². The van der Waals surface area contributed by atoms with Crippen molar-refractivity contribution in [2.45, 2.75) is 26.2 Å². The van der Waals surface area contributed by atoms with Crippen LogP contribution in [-0.4, -0.2) is 76.6 Å². The first-order chi connectivity index (χ1) is 17.7. The summed E-state index contributed by atoms with van der Waals surface area (Å²) in [5.41, 5.74) is 2.84. The van der Waals surface area contributed by atoms with Gasteiger partial charge in [0.05, 0.1) is 35.8 Å². The van der Waals surface area contributed by atoms with Crippen LogP contribution >= 0.6 is 11.3 Å². The number of amides is 1. The number of carbonyl (C=O) groups is 1. The molecule has 2 aliphatic heterocycles. The Morgan fingerprint density at radius 3 is 2.94 bits per heavy atom. The largest absolute Gasteiger partial charge is 0.501 e. The highest BCUT2D eigenvalue weighted by Crippen LogP contribution is 2.27. The van der Waals surface area contributed by atoms with Crippen LogP contribution in [0.25, 0.3) is 16.2 Å². The van der Waals surface area contributed by atoms with Crippen LogP contribution in [0.5, 0.6) is 0 Å². The van der Waals surface area contributed by atoms with Crippen molar-refractivity contribution in [1.82, 2.24) is 30.0 Å². The molecule has 1 amide bonds. The SMILES string of the molecule is C/C1=C\C(Cc2nnc3ccc(-c4ccc(C(=O)NCCN5CCOCC5)s4)nn23)C/C=C/OCC1. The molecule has 1 saturated heterocycles. The first kappa shape index (κ1) is 24.6. The van der Waals surface area contributed by atoms with Gasteiger partial charge in [0.15, 0.2) is 11.5 Å². The Balaban J connectivity index is 1.26. The third kappa shape index (κ3) is 6.18. The predicted molar refractivity (Wildman–Crippen MR) is 139 cm³/mol. The zero-order valence-corrected chi connectivity index (χ0v) is 21.4. The van der Waals surface area contributed by atoms with Gasteiger partial charge >= 0.3 is 0 Å². The van der Waals surface area contributed by atoms with E-state index in [0.717, 1.165) is 68.5 Å². The number of morpholine rings is 1. The highest BCUT2D eigenvalue weighted by Gasteiger charge is 2.17. The van der Waals surface area contributed by atoms with Crippen molar-refractivity contribution in [3.8, 4) is 10.6 Å². The number of thiophene rings is 1. The van der Waals surface area contributed by atoms with Crippen LogP contribution in [0.4, 0.5) is 0 Å². The first-order valence-corrected chi connectivity index (χ1v) is 13.3. The third-order valence-electron chi connectivity index (χ3n) is 6.44. The van der Waals surface area contributed by atoms with E-state index in [1.165, 1.54) is 16.9 Å². The Kier molecular flexibility index (Phi) is 8.04. The maximum absolute atomic E-state index is 12.7. The number of rotatable bonds is 7. The summed E-state index contributed by atoms with van der Waals surface area (Å²) >= 11 is 1.45. The highest BCUT2D eigenvalue weighted by atomic mass is 32.1. The second-order valence-electron chi connectivity index (χ2n) is 9.18. The number of carbonyl (C=O) groups excluding carboxylic acids is 1. The fourth-order valence-corrected chi connectivity index (χ4v) is 5.33. The van der Waals surface area contributed by atoms with Gasteiger partial charge in [0, 0.05) is 39.0 Å². The summed E-state index contributed by atoms with van der Waals surface area (Å²) in [6, 6.07) is 7.68. The number of nitrogens with one attached hydrogen (secondary N) is 1. The van der Waals surface area contributed by atoms with Gasteiger partial charge in [-0.1, -0.05) is 11.6 Å². The van der Waals surface area contributed by atoms with E-state index in [0.29, 0.717) is 29.6 Å². The van der Waals surface area contributed by atoms with Crippen molar-refractivity contribution >= 4 is 22.9 Å². The lowest BCUT2D eigenvalue weighted by Crippen LogP contribution is -2.41. The summed E-state index contributed by atoms with van der Waals surface area (Å²) < 4.78 is 12.7. The highest BCUT2D eigenvalue weighted by molar-refractivity contribution is 7.17. The van der Waals surface area contributed by atoms with Gasteiger partial charge in [0.2, 0.25) is 0 Å². The summed E-state index contributed by atoms with van der Waals surface area (Å²) in [7, 11) is 0. The van der Waals surface area contributed by atoms with Crippen LogP contribution in [-0.2, 0) is 15.9 Å². The summed E-state index contributed by atoms with van der Waals surface area (Å²) in [5.74, 6) is 1.08. The number of fused-ring (bicyclic) bond motifs is 1. The molecule has 0 radical (unpaired) electrons. The molecular formula is C26H32N6O3S. The minimum absolute atomic E-state index is 0.0510. The Morgan fingerprint density at radius 2 is 2.06 bits per heavy atom. The fraction of sp³-hybridized carbons (Fsp3) is 0.462. The second-order valence-corrected chi connectivity index (χ2v) is 10.3. The van der Waals surface area contributed by atoms with Crippen LogP contribution in [0.1, 0.15) is 35.3 Å². The zero-order chi connectivity index (χ0) is 24.7. The maximum atomic E-state index is 12.7. The molecule has 0 saturated carbocycles. The van der Waals surface area contributed by atoms with E-state index in [9.17, 15) is 4.79 Å². The van der Waals surface area contributed by atoms with E-state index in [1.807, 2.05) is 28.8 Å². The standard InChI is InChI=1S/C26H32N6O3S/c1-19-8-14-34-13-2-3-20(17-19)18-25-29-28-24-7-4-21(30-32(24)25)22-5-6-23(36-22)26(33)27-9-10-31-11-15-35-16-12-31/h2,4-7,13,17,20H,3,8-12,14-16,18H2,1H3,(H,27,33)/b13-2+,19-17+. The molecule has 36 heavy (non-hydrogen) atoms. The average molecular weight is 509 g/mol. The maximum Gasteiger partial charge on any atom is 0.261 e. The summed E-state index contributed by atoms with van der Waals surface area (Å²) in [6.45, 7) is 7.66. The van der Waals surface area contributed by atoms with Gasteiger partial charge in [-0.25, -0.2) is 0 Å². The molecule has 0 aliphatic carbocycles. The molecule has 190 valence electrons. The monoisotopic (exact) mass is 508 g/mol. The van der Waals surface area contributed by atoms with Gasteiger partial charge in [-0.15, -0.1) is 21.5 Å². The van der Waals surface area contributed by atoms with E-state index in [-0.39, 0.29) is 5.91 Å². The molecule has 1 N–H and O–H groups in total. The van der Waals surface area contributed by atoms with Crippen LogP contribution in [0.15, 0.2) is 48.3 Å². The number of ether oxygens (including phenoxy) is 2. The zero-order valence-electron chi connectivity index (χ0n) is 20.6. The van der Waals surface area contributed by atoms with Gasteiger partial charge in [-0.05, 0) is 49.6 Å². The molecule has 5 rings (SSSR count). The smallest absolute Gasteiger partial charge is 0.261 e. The van der Waals surface area contributed by atoms with Gasteiger partial charge in [-0.2, -0.15) is 9.61 Å². The Morgan fingerprint density at radius 1 is 1.17 bits per heavy atom. The predicted octanol–water partition coefficient (Wildman–Crippen LogP) is 3.34. The topological polar surface area (TPSA) is 93.9 Å². The quantitative estimate of drug-likeness (QED) is 0.489. The van der Waals surface area contributed by atoms with Crippen molar-refractivity contribution < 1.29 is 14.3 Å². The fourth-order valence-electron chi connectivity index (χ4n) is 4.45. The number of allylic oxidation sites excluding steroid dienone is 2. The van der Waals surface area contributed by atoms with E-state index >= 15 is 0 Å². The number of aromatic nitrogens is 4. The number of nitrogens with zero attached hydrogens (tertiary/aromatic N) is 5. The average Bonchev–Trinajstić information content (AvgIpc) is 3.55.